The van der Waals surface area contributed by atoms with Crippen LogP contribution in [0.15, 0.2) is 59.3 Å². The molecule has 1 fully saturated rings. The van der Waals surface area contributed by atoms with Crippen LogP contribution < -0.4 is 5.32 Å². The van der Waals surface area contributed by atoms with Crippen molar-refractivity contribution in [2.75, 3.05) is 0 Å². The summed E-state index contributed by atoms with van der Waals surface area (Å²) in [5.74, 6) is -1.69. The molecule has 0 bridgehead atoms. The zero-order chi connectivity index (χ0) is 24.8. The van der Waals surface area contributed by atoms with Crippen LogP contribution in [0.5, 0.6) is 0 Å². The van der Waals surface area contributed by atoms with E-state index in [0.717, 1.165) is 30.4 Å². The number of aryl methyl sites for hydroxylation is 1. The van der Waals surface area contributed by atoms with Gasteiger partial charge in [-0.25, -0.2) is 13.8 Å². The highest BCUT2D eigenvalue weighted by Gasteiger charge is 2.22. The number of nitrogens with one attached hydrogen (secondary N) is 1. The van der Waals surface area contributed by atoms with E-state index in [1.54, 1.807) is 36.1 Å². The van der Waals surface area contributed by atoms with E-state index in [9.17, 15) is 13.2 Å². The Labute approximate surface area is 204 Å². The van der Waals surface area contributed by atoms with Crippen molar-refractivity contribution in [3.8, 4) is 34.0 Å². The highest BCUT2D eigenvalue weighted by Crippen LogP contribution is 2.35. The summed E-state index contributed by atoms with van der Waals surface area (Å²) in [5.41, 5.74) is 2.88. The van der Waals surface area contributed by atoms with E-state index in [1.807, 2.05) is 12.1 Å². The Morgan fingerprint density at radius 2 is 1.83 bits per heavy atom. The first-order valence-electron chi connectivity index (χ1n) is 11.7. The number of rotatable bonds is 6. The fraction of sp³-hybridized carbons (Fsp3) is 0.222. The van der Waals surface area contributed by atoms with Crippen molar-refractivity contribution >= 4 is 11.1 Å². The maximum Gasteiger partial charge on any atom is 0.227 e. The Hall–Kier alpha value is -3.98. The van der Waals surface area contributed by atoms with E-state index >= 15 is 0 Å². The molecule has 1 N–H and O–H groups in total. The SMILES string of the molecule is Cn1cnnc1-c1cc(F)ccc1-c1cccc(-c2nc3cc(CNC4CCC4)c(F)c(F)c3o2)c1. The van der Waals surface area contributed by atoms with Gasteiger partial charge in [-0.05, 0) is 54.3 Å². The molecular formula is C27H22F3N5O. The molecule has 0 radical (unpaired) electrons. The number of hydrogen-bond acceptors (Lipinski definition) is 5. The maximum absolute atomic E-state index is 14.9. The topological polar surface area (TPSA) is 68.8 Å². The molecule has 1 saturated carbocycles. The van der Waals surface area contributed by atoms with Crippen LogP contribution in [0.2, 0.25) is 0 Å². The largest absolute Gasteiger partial charge is 0.433 e. The first-order chi connectivity index (χ1) is 17.5. The van der Waals surface area contributed by atoms with Gasteiger partial charge in [-0.15, -0.1) is 10.2 Å². The van der Waals surface area contributed by atoms with E-state index < -0.39 is 17.5 Å². The molecule has 0 atom stereocenters. The number of nitrogens with zero attached hydrogens (tertiary/aromatic N) is 4. The molecule has 0 saturated heterocycles. The van der Waals surface area contributed by atoms with Gasteiger partial charge in [0, 0.05) is 36.3 Å². The molecule has 0 amide bonds. The third-order valence-electron chi connectivity index (χ3n) is 6.68. The fourth-order valence-electron chi connectivity index (χ4n) is 4.47. The number of oxazole rings is 1. The zero-order valence-electron chi connectivity index (χ0n) is 19.4. The van der Waals surface area contributed by atoms with E-state index in [0.29, 0.717) is 23.0 Å². The molecule has 5 aromatic rings. The zero-order valence-corrected chi connectivity index (χ0v) is 19.4. The molecule has 1 aliphatic carbocycles. The van der Waals surface area contributed by atoms with Crippen molar-refractivity contribution in [1.29, 1.82) is 0 Å². The van der Waals surface area contributed by atoms with Gasteiger partial charge in [0.25, 0.3) is 0 Å². The minimum Gasteiger partial charge on any atom is -0.433 e. The summed E-state index contributed by atoms with van der Waals surface area (Å²) in [6, 6.07) is 13.6. The molecule has 9 heteroatoms. The minimum absolute atomic E-state index is 0.163. The second-order valence-electron chi connectivity index (χ2n) is 9.08. The Balaban J connectivity index is 1.39. The fourth-order valence-corrected chi connectivity index (χ4v) is 4.47. The third-order valence-corrected chi connectivity index (χ3v) is 6.68. The van der Waals surface area contributed by atoms with E-state index in [2.05, 4.69) is 20.5 Å². The van der Waals surface area contributed by atoms with Gasteiger partial charge in [0.1, 0.15) is 17.7 Å². The number of aromatic nitrogens is 4. The van der Waals surface area contributed by atoms with Crippen molar-refractivity contribution in [2.45, 2.75) is 31.8 Å². The number of fused-ring (bicyclic) bond motifs is 1. The summed E-state index contributed by atoms with van der Waals surface area (Å²) < 4.78 is 51.1. The van der Waals surface area contributed by atoms with Gasteiger partial charge in [0.15, 0.2) is 17.2 Å². The highest BCUT2D eigenvalue weighted by molar-refractivity contribution is 5.83. The standard InChI is InChI=1S/C27H22F3N5O/c1-35-14-32-34-26(35)21-12-18(28)8-9-20(21)15-4-2-5-16(10-15)27-33-22-11-17(13-31-19-6-3-7-19)23(29)24(30)25(22)36-27/h2,4-5,8-12,14,19,31H,3,6-7,13H2,1H3. The van der Waals surface area contributed by atoms with Crippen LogP contribution in [0.4, 0.5) is 13.2 Å². The lowest BCUT2D eigenvalue weighted by molar-refractivity contribution is 0.335. The van der Waals surface area contributed by atoms with E-state index in [1.165, 1.54) is 18.2 Å². The van der Waals surface area contributed by atoms with Crippen molar-refractivity contribution in [3.05, 3.63) is 77.9 Å². The number of benzene rings is 3. The first kappa shape index (κ1) is 22.5. The average molecular weight is 490 g/mol. The molecule has 6 nitrogen and oxygen atoms in total. The second-order valence-corrected chi connectivity index (χ2v) is 9.08. The highest BCUT2D eigenvalue weighted by atomic mass is 19.2. The summed E-state index contributed by atoms with van der Waals surface area (Å²) in [4.78, 5) is 4.45. The van der Waals surface area contributed by atoms with Gasteiger partial charge in [-0.1, -0.05) is 24.6 Å². The number of hydrogen-bond donors (Lipinski definition) is 1. The Kier molecular flexibility index (Phi) is 5.56. The van der Waals surface area contributed by atoms with Gasteiger partial charge in [0.2, 0.25) is 11.7 Å². The van der Waals surface area contributed by atoms with Crippen LogP contribution in [0.3, 0.4) is 0 Å². The number of halogens is 3. The van der Waals surface area contributed by atoms with Crippen molar-refractivity contribution < 1.29 is 17.6 Å². The lowest BCUT2D eigenvalue weighted by atomic mass is 9.93. The summed E-state index contributed by atoms with van der Waals surface area (Å²) >= 11 is 0. The molecule has 36 heavy (non-hydrogen) atoms. The predicted octanol–water partition coefficient (Wildman–Crippen LogP) is 6.02. The summed E-state index contributed by atoms with van der Waals surface area (Å²) in [6.07, 6.45) is 4.78. The molecule has 2 heterocycles. The summed E-state index contributed by atoms with van der Waals surface area (Å²) in [7, 11) is 1.78. The van der Waals surface area contributed by atoms with Crippen LogP contribution in [0, 0.1) is 17.5 Å². The van der Waals surface area contributed by atoms with Crippen molar-refractivity contribution in [3.63, 3.8) is 0 Å². The van der Waals surface area contributed by atoms with Gasteiger partial charge in [-0.2, -0.15) is 4.39 Å². The molecule has 0 unspecified atom stereocenters. The molecule has 1 aliphatic rings. The van der Waals surface area contributed by atoms with Crippen molar-refractivity contribution in [1.82, 2.24) is 25.1 Å². The van der Waals surface area contributed by atoms with Crippen LogP contribution in [0.1, 0.15) is 24.8 Å². The van der Waals surface area contributed by atoms with Gasteiger partial charge in [-0.3, -0.25) is 0 Å². The summed E-state index contributed by atoms with van der Waals surface area (Å²) in [5, 5.41) is 11.3. The van der Waals surface area contributed by atoms with E-state index in [-0.39, 0.29) is 29.1 Å². The lowest BCUT2D eigenvalue weighted by Gasteiger charge is -2.26. The van der Waals surface area contributed by atoms with Crippen LogP contribution in [0.25, 0.3) is 45.1 Å². The normalized spacial score (nSPS) is 13.9. The molecule has 3 aromatic carbocycles. The maximum atomic E-state index is 14.9. The first-order valence-corrected chi connectivity index (χ1v) is 11.7. The Bertz CT molecular complexity index is 1590. The van der Waals surface area contributed by atoms with Crippen LogP contribution >= 0.6 is 0 Å². The Morgan fingerprint density at radius 3 is 2.58 bits per heavy atom. The summed E-state index contributed by atoms with van der Waals surface area (Å²) in [6.45, 7) is 0.233. The Morgan fingerprint density at radius 1 is 1.00 bits per heavy atom. The molecule has 2 aromatic heterocycles. The molecule has 0 aliphatic heterocycles. The monoisotopic (exact) mass is 489 g/mol. The quantitative estimate of drug-likeness (QED) is 0.316. The van der Waals surface area contributed by atoms with Gasteiger partial charge in [0.05, 0.1) is 0 Å². The third kappa shape index (κ3) is 3.95. The van der Waals surface area contributed by atoms with Crippen LogP contribution in [-0.2, 0) is 13.6 Å². The molecule has 6 rings (SSSR count). The second kappa shape index (κ2) is 8.91. The molecular weight excluding hydrogens is 467 g/mol. The van der Waals surface area contributed by atoms with Gasteiger partial charge >= 0.3 is 0 Å². The average Bonchev–Trinajstić information content (AvgIpc) is 3.47. The molecule has 0 spiro atoms. The van der Waals surface area contributed by atoms with E-state index in [4.69, 9.17) is 4.42 Å². The smallest absolute Gasteiger partial charge is 0.227 e. The van der Waals surface area contributed by atoms with Crippen LogP contribution in [-0.4, -0.2) is 25.8 Å². The predicted molar refractivity (Wildman–Crippen MR) is 129 cm³/mol. The molecule has 182 valence electrons. The minimum atomic E-state index is -1.05. The van der Waals surface area contributed by atoms with Gasteiger partial charge < -0.3 is 14.3 Å². The lowest BCUT2D eigenvalue weighted by Crippen LogP contribution is -2.34. The van der Waals surface area contributed by atoms with Crippen molar-refractivity contribution in [2.24, 2.45) is 7.05 Å².